The third-order valence-electron chi connectivity index (χ3n) is 3.22. The van der Waals surface area contributed by atoms with Gasteiger partial charge < -0.3 is 14.8 Å². The summed E-state index contributed by atoms with van der Waals surface area (Å²) in [5, 5.41) is 11.4. The molecule has 6 heteroatoms. The standard InChI is InChI=1S/C18H16N2O4/c1-12(17(21)20-15-8-6-13(11-19)7-9-15)24-16-5-3-4-14(10-16)18(22)23-2/h3-10,12H,1-2H3,(H,20,21)/t12-/m1/s1. The largest absolute Gasteiger partial charge is 0.481 e. The fourth-order valence-corrected chi connectivity index (χ4v) is 1.94. The zero-order valence-corrected chi connectivity index (χ0v) is 13.3. The van der Waals surface area contributed by atoms with Crippen molar-refractivity contribution in [2.45, 2.75) is 13.0 Å². The Labute approximate surface area is 139 Å². The molecule has 0 heterocycles. The molecule has 2 aromatic rings. The van der Waals surface area contributed by atoms with Crippen LogP contribution in [0.25, 0.3) is 0 Å². The van der Waals surface area contributed by atoms with E-state index in [0.717, 1.165) is 0 Å². The molecule has 24 heavy (non-hydrogen) atoms. The Hall–Kier alpha value is -3.33. The monoisotopic (exact) mass is 324 g/mol. The number of rotatable bonds is 5. The quantitative estimate of drug-likeness (QED) is 0.854. The van der Waals surface area contributed by atoms with Crippen molar-refractivity contribution in [3.63, 3.8) is 0 Å². The average molecular weight is 324 g/mol. The molecule has 0 saturated carbocycles. The van der Waals surface area contributed by atoms with Gasteiger partial charge in [-0.3, -0.25) is 4.79 Å². The lowest BCUT2D eigenvalue weighted by atomic mass is 10.2. The Morgan fingerprint density at radius 2 is 1.88 bits per heavy atom. The van der Waals surface area contributed by atoms with Crippen LogP contribution in [0.5, 0.6) is 5.75 Å². The van der Waals surface area contributed by atoms with Gasteiger partial charge in [-0.25, -0.2) is 4.79 Å². The fourth-order valence-electron chi connectivity index (χ4n) is 1.94. The first-order valence-electron chi connectivity index (χ1n) is 7.19. The molecule has 2 aromatic carbocycles. The molecule has 1 N–H and O–H groups in total. The summed E-state index contributed by atoms with van der Waals surface area (Å²) in [5.74, 6) is -0.432. The van der Waals surface area contributed by atoms with Crippen LogP contribution in [0.4, 0.5) is 5.69 Å². The first-order valence-corrected chi connectivity index (χ1v) is 7.19. The molecule has 1 atom stereocenters. The van der Waals surface area contributed by atoms with Crippen LogP contribution in [0.15, 0.2) is 48.5 Å². The lowest BCUT2D eigenvalue weighted by molar-refractivity contribution is -0.122. The van der Waals surface area contributed by atoms with Gasteiger partial charge in [-0.1, -0.05) is 6.07 Å². The van der Waals surface area contributed by atoms with Crippen molar-refractivity contribution in [1.29, 1.82) is 5.26 Å². The number of hydrogen-bond acceptors (Lipinski definition) is 5. The Morgan fingerprint density at radius 1 is 1.17 bits per heavy atom. The molecule has 0 bridgehead atoms. The van der Waals surface area contributed by atoms with Gasteiger partial charge in [-0.2, -0.15) is 5.26 Å². The van der Waals surface area contributed by atoms with E-state index < -0.39 is 12.1 Å². The summed E-state index contributed by atoms with van der Waals surface area (Å²) in [4.78, 5) is 23.7. The number of benzene rings is 2. The maximum Gasteiger partial charge on any atom is 0.337 e. The van der Waals surface area contributed by atoms with E-state index in [2.05, 4.69) is 10.1 Å². The minimum absolute atomic E-state index is 0.342. The highest BCUT2D eigenvalue weighted by Gasteiger charge is 2.16. The fraction of sp³-hybridized carbons (Fsp3) is 0.167. The Morgan fingerprint density at radius 3 is 2.50 bits per heavy atom. The number of carbonyl (C=O) groups is 2. The highest BCUT2D eigenvalue weighted by atomic mass is 16.5. The van der Waals surface area contributed by atoms with Gasteiger partial charge in [0.2, 0.25) is 0 Å². The molecule has 122 valence electrons. The predicted molar refractivity (Wildman–Crippen MR) is 87.7 cm³/mol. The second-order valence-electron chi connectivity index (χ2n) is 4.96. The number of methoxy groups -OCH3 is 1. The van der Waals surface area contributed by atoms with Crippen LogP contribution < -0.4 is 10.1 Å². The summed E-state index contributed by atoms with van der Waals surface area (Å²) in [7, 11) is 1.30. The minimum Gasteiger partial charge on any atom is -0.481 e. The van der Waals surface area contributed by atoms with Crippen molar-refractivity contribution in [3.05, 3.63) is 59.7 Å². The van der Waals surface area contributed by atoms with E-state index in [1.54, 1.807) is 49.4 Å². The number of ether oxygens (including phenoxy) is 2. The van der Waals surface area contributed by atoms with E-state index >= 15 is 0 Å². The average Bonchev–Trinajstić information content (AvgIpc) is 2.61. The highest BCUT2D eigenvalue weighted by molar-refractivity contribution is 5.94. The first-order chi connectivity index (χ1) is 11.5. The molecular weight excluding hydrogens is 308 g/mol. The molecule has 0 fully saturated rings. The Balaban J connectivity index is 2.00. The molecule has 0 aliphatic carbocycles. The van der Waals surface area contributed by atoms with E-state index in [-0.39, 0.29) is 5.91 Å². The lowest BCUT2D eigenvalue weighted by Gasteiger charge is -2.15. The normalized spacial score (nSPS) is 11.0. The van der Waals surface area contributed by atoms with Gasteiger partial charge in [0.1, 0.15) is 5.75 Å². The smallest absolute Gasteiger partial charge is 0.337 e. The Kier molecular flexibility index (Phi) is 5.53. The van der Waals surface area contributed by atoms with Crippen LogP contribution in [-0.2, 0) is 9.53 Å². The third kappa shape index (κ3) is 4.34. The van der Waals surface area contributed by atoms with Crippen molar-refractivity contribution < 1.29 is 19.1 Å². The summed E-state index contributed by atoms with van der Waals surface area (Å²) < 4.78 is 10.2. The molecule has 0 radical (unpaired) electrons. The van der Waals surface area contributed by atoms with Gasteiger partial charge in [0.15, 0.2) is 6.10 Å². The minimum atomic E-state index is -0.770. The number of amides is 1. The number of hydrogen-bond donors (Lipinski definition) is 1. The van der Waals surface area contributed by atoms with Crippen LogP contribution in [-0.4, -0.2) is 25.1 Å². The van der Waals surface area contributed by atoms with Gasteiger partial charge in [0.25, 0.3) is 5.91 Å². The molecule has 0 aromatic heterocycles. The number of anilines is 1. The van der Waals surface area contributed by atoms with E-state index in [1.165, 1.54) is 13.2 Å². The molecule has 6 nitrogen and oxygen atoms in total. The van der Waals surface area contributed by atoms with Crippen molar-refractivity contribution in [1.82, 2.24) is 0 Å². The first kappa shape index (κ1) is 17.0. The molecular formula is C18H16N2O4. The summed E-state index contributed by atoms with van der Waals surface area (Å²) in [6, 6.07) is 14.9. The lowest BCUT2D eigenvalue weighted by Crippen LogP contribution is -2.30. The number of nitriles is 1. The van der Waals surface area contributed by atoms with Gasteiger partial charge in [-0.15, -0.1) is 0 Å². The van der Waals surface area contributed by atoms with Crippen molar-refractivity contribution in [2.24, 2.45) is 0 Å². The second-order valence-corrected chi connectivity index (χ2v) is 4.96. The molecule has 0 aliphatic rings. The van der Waals surface area contributed by atoms with Crippen molar-refractivity contribution in [3.8, 4) is 11.8 Å². The van der Waals surface area contributed by atoms with Crippen LogP contribution >= 0.6 is 0 Å². The number of nitrogens with zero attached hydrogens (tertiary/aromatic N) is 1. The van der Waals surface area contributed by atoms with E-state index in [0.29, 0.717) is 22.6 Å². The van der Waals surface area contributed by atoms with Crippen LogP contribution in [0.3, 0.4) is 0 Å². The zero-order valence-electron chi connectivity index (χ0n) is 13.3. The second kappa shape index (κ2) is 7.79. The SMILES string of the molecule is COC(=O)c1cccc(O[C@H](C)C(=O)Nc2ccc(C#N)cc2)c1. The number of esters is 1. The predicted octanol–water partition coefficient (Wildman–Crippen LogP) is 2.75. The number of carbonyl (C=O) groups excluding carboxylic acids is 2. The van der Waals surface area contributed by atoms with E-state index in [1.807, 2.05) is 6.07 Å². The summed E-state index contributed by atoms with van der Waals surface area (Å²) in [5.41, 5.74) is 1.42. The topological polar surface area (TPSA) is 88.4 Å². The third-order valence-corrected chi connectivity index (χ3v) is 3.22. The molecule has 1 amide bonds. The summed E-state index contributed by atoms with van der Waals surface area (Å²) in [6.45, 7) is 1.60. The Bertz CT molecular complexity index is 778. The van der Waals surface area contributed by atoms with Gasteiger partial charge >= 0.3 is 5.97 Å². The summed E-state index contributed by atoms with van der Waals surface area (Å²) >= 11 is 0. The van der Waals surface area contributed by atoms with Gasteiger partial charge in [0.05, 0.1) is 24.3 Å². The van der Waals surface area contributed by atoms with Gasteiger partial charge in [-0.05, 0) is 49.4 Å². The van der Waals surface area contributed by atoms with Gasteiger partial charge in [0, 0.05) is 5.69 Å². The van der Waals surface area contributed by atoms with Crippen molar-refractivity contribution >= 4 is 17.6 Å². The highest BCUT2D eigenvalue weighted by Crippen LogP contribution is 2.16. The molecule has 0 saturated heterocycles. The summed E-state index contributed by atoms with van der Waals surface area (Å²) in [6.07, 6.45) is -0.770. The number of nitrogens with one attached hydrogen (secondary N) is 1. The van der Waals surface area contributed by atoms with E-state index in [4.69, 9.17) is 10.00 Å². The zero-order chi connectivity index (χ0) is 17.5. The van der Waals surface area contributed by atoms with Crippen molar-refractivity contribution in [2.75, 3.05) is 12.4 Å². The molecule has 2 rings (SSSR count). The van der Waals surface area contributed by atoms with E-state index in [9.17, 15) is 9.59 Å². The van der Waals surface area contributed by atoms with Crippen LogP contribution in [0.2, 0.25) is 0 Å². The van der Waals surface area contributed by atoms with Crippen LogP contribution in [0.1, 0.15) is 22.8 Å². The van der Waals surface area contributed by atoms with Crippen LogP contribution in [0, 0.1) is 11.3 Å². The molecule has 0 spiro atoms. The maximum atomic E-state index is 12.2. The molecule has 0 aliphatic heterocycles. The maximum absolute atomic E-state index is 12.2. The molecule has 0 unspecified atom stereocenters.